The Balaban J connectivity index is 1.77. The van der Waals surface area contributed by atoms with Gasteiger partial charge in [0.1, 0.15) is 0 Å². The Hall–Kier alpha value is -2.71. The Bertz CT molecular complexity index is 958. The Morgan fingerprint density at radius 2 is 1.83 bits per heavy atom. The lowest BCUT2D eigenvalue weighted by molar-refractivity contribution is -0.226. The van der Waals surface area contributed by atoms with E-state index in [1.54, 1.807) is 31.2 Å². The van der Waals surface area contributed by atoms with Crippen LogP contribution in [0.3, 0.4) is 0 Å². The van der Waals surface area contributed by atoms with Gasteiger partial charge in [0.15, 0.2) is 5.60 Å². The second-order valence-corrected chi connectivity index (χ2v) is 7.73. The normalized spacial score (nSPS) is 29.6. The van der Waals surface area contributed by atoms with E-state index in [1.165, 1.54) is 6.08 Å². The molecule has 4 rings (SSSR count). The number of benzene rings is 1. The summed E-state index contributed by atoms with van der Waals surface area (Å²) in [7, 11) is 0. The lowest BCUT2D eigenvalue weighted by Crippen LogP contribution is -2.52. The first kappa shape index (κ1) is 19.6. The average molecular weight is 420 g/mol. The van der Waals surface area contributed by atoms with Crippen LogP contribution in [0.1, 0.15) is 19.4 Å². The molecule has 0 aromatic heterocycles. The van der Waals surface area contributed by atoms with Gasteiger partial charge in [-0.3, -0.25) is 19.2 Å². The summed E-state index contributed by atoms with van der Waals surface area (Å²) in [6, 6.07) is 4.93. The number of nitrogens with zero attached hydrogens (tertiary/aromatic N) is 1. The first-order valence-corrected chi connectivity index (χ1v) is 9.39. The number of esters is 2. The highest BCUT2D eigenvalue weighted by molar-refractivity contribution is 6.31. The Morgan fingerprint density at radius 1 is 1.17 bits per heavy atom. The molecule has 2 bridgehead atoms. The van der Waals surface area contributed by atoms with E-state index in [0.29, 0.717) is 16.3 Å². The molecule has 2 amide bonds. The summed E-state index contributed by atoms with van der Waals surface area (Å²) in [5.74, 6) is -4.22. The van der Waals surface area contributed by atoms with E-state index >= 15 is 0 Å². The summed E-state index contributed by atoms with van der Waals surface area (Å²) in [5.41, 5.74) is -0.489. The highest BCUT2D eigenvalue weighted by Gasteiger charge is 2.72. The molecule has 1 aromatic carbocycles. The fourth-order valence-corrected chi connectivity index (χ4v) is 4.44. The van der Waals surface area contributed by atoms with Crippen LogP contribution in [0, 0.1) is 18.8 Å². The number of imide groups is 1. The fraction of sp³-hybridized carbons (Fsp3) is 0.400. The topological polar surface area (TPSA) is 99.2 Å². The molecule has 0 radical (unpaired) electrons. The molecule has 3 aliphatic heterocycles. The zero-order valence-electron chi connectivity index (χ0n) is 15.9. The number of rotatable bonds is 4. The summed E-state index contributed by atoms with van der Waals surface area (Å²) in [6.45, 7) is 4.07. The van der Waals surface area contributed by atoms with Crippen LogP contribution in [-0.2, 0) is 33.4 Å². The lowest BCUT2D eigenvalue weighted by Gasteiger charge is -2.34. The molecule has 2 fully saturated rings. The zero-order chi connectivity index (χ0) is 21.1. The number of amides is 2. The van der Waals surface area contributed by atoms with Crippen molar-refractivity contribution < 1.29 is 33.4 Å². The van der Waals surface area contributed by atoms with Gasteiger partial charge >= 0.3 is 11.9 Å². The van der Waals surface area contributed by atoms with Crippen molar-refractivity contribution in [2.24, 2.45) is 11.8 Å². The molecule has 1 aromatic rings. The van der Waals surface area contributed by atoms with Crippen molar-refractivity contribution in [3.63, 3.8) is 0 Å². The van der Waals surface area contributed by atoms with Crippen LogP contribution in [-0.4, -0.2) is 41.7 Å². The highest BCUT2D eigenvalue weighted by Crippen LogP contribution is 2.55. The minimum absolute atomic E-state index is 0.382. The van der Waals surface area contributed by atoms with Crippen molar-refractivity contribution in [2.75, 3.05) is 4.90 Å². The van der Waals surface area contributed by atoms with Crippen LogP contribution in [0.15, 0.2) is 30.4 Å². The van der Waals surface area contributed by atoms with Crippen molar-refractivity contribution in [1.82, 2.24) is 0 Å². The van der Waals surface area contributed by atoms with Crippen LogP contribution in [0.4, 0.5) is 5.69 Å². The van der Waals surface area contributed by atoms with Gasteiger partial charge in [-0.25, -0.2) is 4.90 Å². The first-order valence-electron chi connectivity index (χ1n) is 9.01. The molecule has 0 saturated carbocycles. The standard InChI is InChI=1S/C20H18ClNO7/c1-9-4-5-12(21)8-13(9)22-17(25)15-14-6-7-20(29-14,16(15)18(22)26)19(27-10(2)23)28-11(3)24/h4-8,14-16,19H,1-3H3. The highest BCUT2D eigenvalue weighted by atomic mass is 35.5. The average Bonchev–Trinajstić information content (AvgIpc) is 3.27. The number of hydrogen-bond donors (Lipinski definition) is 0. The van der Waals surface area contributed by atoms with Gasteiger partial charge in [-0.05, 0) is 30.7 Å². The monoisotopic (exact) mass is 419 g/mol. The molecule has 3 aliphatic rings. The molecule has 8 nitrogen and oxygen atoms in total. The van der Waals surface area contributed by atoms with Crippen LogP contribution < -0.4 is 4.90 Å². The Labute approximate surface area is 171 Å². The predicted molar refractivity (Wildman–Crippen MR) is 99.7 cm³/mol. The van der Waals surface area contributed by atoms with Gasteiger partial charge in [0.05, 0.1) is 23.6 Å². The molecule has 0 spiro atoms. The minimum atomic E-state index is -1.57. The van der Waals surface area contributed by atoms with E-state index < -0.39 is 53.6 Å². The zero-order valence-corrected chi connectivity index (χ0v) is 16.6. The first-order chi connectivity index (χ1) is 13.7. The van der Waals surface area contributed by atoms with Crippen LogP contribution in [0.2, 0.25) is 5.02 Å². The molecular formula is C20H18ClNO7. The van der Waals surface area contributed by atoms with Crippen molar-refractivity contribution in [1.29, 1.82) is 0 Å². The van der Waals surface area contributed by atoms with E-state index in [2.05, 4.69) is 0 Å². The largest absolute Gasteiger partial charge is 0.422 e. The van der Waals surface area contributed by atoms with E-state index in [-0.39, 0.29) is 0 Å². The molecule has 2 saturated heterocycles. The molecule has 29 heavy (non-hydrogen) atoms. The van der Waals surface area contributed by atoms with Gasteiger partial charge in [0.25, 0.3) is 6.29 Å². The molecule has 4 atom stereocenters. The Morgan fingerprint density at radius 3 is 2.45 bits per heavy atom. The van der Waals surface area contributed by atoms with Gasteiger partial charge in [0.2, 0.25) is 11.8 Å². The van der Waals surface area contributed by atoms with Crippen LogP contribution in [0.5, 0.6) is 0 Å². The van der Waals surface area contributed by atoms with Crippen molar-refractivity contribution in [3.05, 3.63) is 40.9 Å². The molecule has 4 unspecified atom stereocenters. The molecule has 3 heterocycles. The second kappa shape index (κ2) is 6.67. The molecule has 9 heteroatoms. The summed E-state index contributed by atoms with van der Waals surface area (Å²) >= 11 is 6.07. The third-order valence-electron chi connectivity index (χ3n) is 5.40. The van der Waals surface area contributed by atoms with Crippen LogP contribution in [0.25, 0.3) is 0 Å². The van der Waals surface area contributed by atoms with Gasteiger partial charge in [-0.2, -0.15) is 0 Å². The van der Waals surface area contributed by atoms with Crippen LogP contribution >= 0.6 is 11.6 Å². The molecular weight excluding hydrogens is 402 g/mol. The molecule has 0 aliphatic carbocycles. The smallest absolute Gasteiger partial charge is 0.305 e. The maximum absolute atomic E-state index is 13.4. The van der Waals surface area contributed by atoms with E-state index in [4.69, 9.17) is 25.8 Å². The number of carbonyl (C=O) groups is 4. The SMILES string of the molecule is CC(=O)OC(OC(C)=O)C12C=CC(O1)C1C(=O)N(c3cc(Cl)ccc3C)C(=O)C12. The number of carbonyl (C=O) groups excluding carboxylic acids is 4. The number of aryl methyl sites for hydroxylation is 1. The third-order valence-corrected chi connectivity index (χ3v) is 5.64. The lowest BCUT2D eigenvalue weighted by atomic mass is 9.76. The molecule has 0 N–H and O–H groups in total. The van der Waals surface area contributed by atoms with E-state index in [0.717, 1.165) is 18.7 Å². The summed E-state index contributed by atoms with van der Waals surface area (Å²) in [5, 5.41) is 0.382. The van der Waals surface area contributed by atoms with Gasteiger partial charge in [-0.15, -0.1) is 0 Å². The third kappa shape index (κ3) is 2.86. The molecule has 152 valence electrons. The minimum Gasteiger partial charge on any atom is -0.422 e. The summed E-state index contributed by atoms with van der Waals surface area (Å²) < 4.78 is 16.3. The van der Waals surface area contributed by atoms with Gasteiger partial charge in [0, 0.05) is 18.9 Å². The summed E-state index contributed by atoms with van der Waals surface area (Å²) in [4.78, 5) is 50.9. The van der Waals surface area contributed by atoms with E-state index in [1.807, 2.05) is 0 Å². The van der Waals surface area contributed by atoms with Crippen molar-refractivity contribution >= 4 is 41.0 Å². The number of halogens is 1. The number of fused-ring (bicyclic) bond motifs is 5. The Kier molecular flexibility index (Phi) is 4.51. The number of hydrogen-bond acceptors (Lipinski definition) is 7. The second-order valence-electron chi connectivity index (χ2n) is 7.29. The quantitative estimate of drug-likeness (QED) is 0.318. The van der Waals surface area contributed by atoms with Gasteiger partial charge in [-0.1, -0.05) is 23.7 Å². The van der Waals surface area contributed by atoms with Crippen molar-refractivity contribution in [2.45, 2.75) is 38.8 Å². The fourth-order valence-electron chi connectivity index (χ4n) is 4.28. The number of ether oxygens (including phenoxy) is 3. The summed E-state index contributed by atoms with van der Waals surface area (Å²) in [6.07, 6.45) is 0.968. The van der Waals surface area contributed by atoms with E-state index in [9.17, 15) is 19.2 Å². The maximum Gasteiger partial charge on any atom is 0.305 e. The maximum atomic E-state index is 13.4. The predicted octanol–water partition coefficient (Wildman–Crippen LogP) is 1.91. The van der Waals surface area contributed by atoms with Crippen molar-refractivity contribution in [3.8, 4) is 0 Å². The van der Waals surface area contributed by atoms with Gasteiger partial charge < -0.3 is 14.2 Å². The number of anilines is 1.